The Balaban J connectivity index is 1.57. The van der Waals surface area contributed by atoms with Crippen LogP contribution in [0.2, 0.25) is 0 Å². The van der Waals surface area contributed by atoms with Gasteiger partial charge in [0.2, 0.25) is 11.8 Å². The molecule has 0 radical (unpaired) electrons. The monoisotopic (exact) mass is 557 g/mol. The molecule has 2 amide bonds. The van der Waals surface area contributed by atoms with E-state index in [1.807, 2.05) is 140 Å². The Labute approximate surface area is 249 Å². The Hall–Kier alpha value is -5.35. The zero-order valence-electron chi connectivity index (χ0n) is 23.3. The number of hydrogen-bond donors (Lipinski definition) is 0. The molecule has 1 saturated heterocycles. The third kappa shape index (κ3) is 3.13. The molecule has 4 nitrogen and oxygen atoms in total. The summed E-state index contributed by atoms with van der Waals surface area (Å²) in [6.07, 6.45) is 0. The molecule has 206 valence electrons. The highest BCUT2D eigenvalue weighted by molar-refractivity contribution is 6.39. The van der Waals surface area contributed by atoms with Crippen LogP contribution < -0.4 is 4.90 Å². The van der Waals surface area contributed by atoms with Gasteiger partial charge in [-0.05, 0) is 45.5 Å². The summed E-state index contributed by atoms with van der Waals surface area (Å²) in [5.41, 5.74) is 2.56. The van der Waals surface area contributed by atoms with Gasteiger partial charge in [0.25, 0.3) is 0 Å². The number of Topliss-reactive ketones (excluding diaryl/α,β-unsaturated/α-hetero) is 1. The molecule has 2 bridgehead atoms. The lowest BCUT2D eigenvalue weighted by Gasteiger charge is -2.39. The van der Waals surface area contributed by atoms with Gasteiger partial charge in [0.1, 0.15) is 0 Å². The summed E-state index contributed by atoms with van der Waals surface area (Å²) in [7, 11) is 0. The van der Waals surface area contributed by atoms with Gasteiger partial charge >= 0.3 is 0 Å². The van der Waals surface area contributed by atoms with Crippen molar-refractivity contribution < 1.29 is 14.4 Å². The molecule has 1 saturated carbocycles. The number of para-hydroxylation sites is 1. The number of ketones is 1. The van der Waals surface area contributed by atoms with E-state index in [9.17, 15) is 9.59 Å². The number of benzene rings is 5. The SMILES string of the molecule is O=C1[C@@H]2[C@H](C(=O)N1c1ccccc1)[C@@]1(c3ccccc3)C(=O)[C@@]2(c2ccccc2)C(c2ccccc2)=C1c1ccccc1. The summed E-state index contributed by atoms with van der Waals surface area (Å²) in [5, 5.41) is 0. The van der Waals surface area contributed by atoms with Crippen LogP contribution in [0.15, 0.2) is 152 Å². The summed E-state index contributed by atoms with van der Waals surface area (Å²) in [4.78, 5) is 46.8. The van der Waals surface area contributed by atoms with Crippen molar-refractivity contribution in [2.75, 3.05) is 4.90 Å². The Morgan fingerprint density at radius 2 is 0.744 bits per heavy atom. The number of carbonyl (C=O) groups is 3. The molecule has 4 atom stereocenters. The summed E-state index contributed by atoms with van der Waals surface area (Å²) >= 11 is 0. The Kier molecular flexibility index (Phi) is 5.51. The van der Waals surface area contributed by atoms with Gasteiger partial charge in [-0.1, -0.05) is 140 Å². The minimum absolute atomic E-state index is 0.112. The molecule has 0 N–H and O–H groups in total. The molecule has 1 aliphatic heterocycles. The van der Waals surface area contributed by atoms with Crippen LogP contribution in [0.1, 0.15) is 22.3 Å². The van der Waals surface area contributed by atoms with E-state index in [0.717, 1.165) is 33.4 Å². The van der Waals surface area contributed by atoms with Crippen LogP contribution in [0, 0.1) is 11.8 Å². The van der Waals surface area contributed by atoms with E-state index in [2.05, 4.69) is 0 Å². The van der Waals surface area contributed by atoms with Crippen LogP contribution in [0.3, 0.4) is 0 Å². The summed E-state index contributed by atoms with van der Waals surface area (Å²) < 4.78 is 0. The third-order valence-corrected chi connectivity index (χ3v) is 9.59. The van der Waals surface area contributed by atoms with Gasteiger partial charge in [0.15, 0.2) is 5.78 Å². The van der Waals surface area contributed by atoms with Crippen LogP contribution in [0.5, 0.6) is 0 Å². The van der Waals surface area contributed by atoms with Gasteiger partial charge in [0.05, 0.1) is 28.4 Å². The maximum absolute atomic E-state index is 15.8. The van der Waals surface area contributed by atoms with Gasteiger partial charge in [-0.15, -0.1) is 0 Å². The number of fused-ring (bicyclic) bond motifs is 5. The fourth-order valence-corrected chi connectivity index (χ4v) is 8.17. The van der Waals surface area contributed by atoms with Crippen LogP contribution in [0.25, 0.3) is 11.1 Å². The van der Waals surface area contributed by atoms with Crippen molar-refractivity contribution >= 4 is 34.4 Å². The van der Waals surface area contributed by atoms with Crippen molar-refractivity contribution in [2.24, 2.45) is 11.8 Å². The van der Waals surface area contributed by atoms with E-state index >= 15 is 4.79 Å². The largest absolute Gasteiger partial charge is 0.297 e. The third-order valence-electron chi connectivity index (χ3n) is 9.59. The van der Waals surface area contributed by atoms with Crippen molar-refractivity contribution in [1.82, 2.24) is 0 Å². The van der Waals surface area contributed by atoms with Crippen LogP contribution in [-0.2, 0) is 25.2 Å². The zero-order chi connectivity index (χ0) is 29.2. The number of allylic oxidation sites excluding steroid dienone is 2. The maximum atomic E-state index is 15.8. The van der Waals surface area contributed by atoms with Crippen LogP contribution >= 0.6 is 0 Å². The van der Waals surface area contributed by atoms with Gasteiger partial charge in [-0.3, -0.25) is 14.4 Å². The quantitative estimate of drug-likeness (QED) is 0.222. The molecule has 4 heteroatoms. The van der Waals surface area contributed by atoms with Crippen molar-refractivity contribution in [1.29, 1.82) is 0 Å². The first-order chi connectivity index (χ1) is 21.1. The Bertz CT molecular complexity index is 1800. The molecular weight excluding hydrogens is 530 g/mol. The first-order valence-electron chi connectivity index (χ1n) is 14.6. The highest BCUT2D eigenvalue weighted by atomic mass is 16.2. The summed E-state index contributed by atoms with van der Waals surface area (Å²) in [5.74, 6) is -2.62. The first kappa shape index (κ1) is 25.4. The molecule has 1 heterocycles. The standard InChI is InChI=1S/C39H27NO3/c41-35-33-34(36(42)40(35)30-24-14-5-15-25-30)39(29-22-12-4-13-23-29)32(27-18-8-2-9-19-27)31(26-16-6-1-7-17-26)38(33,37(39)43)28-20-10-3-11-21-28/h1-25,33-34H/t33-,34+,38-,39-/m0/s1. The van der Waals surface area contributed by atoms with Gasteiger partial charge in [-0.25, -0.2) is 4.90 Å². The number of nitrogens with zero attached hydrogens (tertiary/aromatic N) is 1. The lowest BCUT2D eigenvalue weighted by atomic mass is 9.59. The summed E-state index contributed by atoms with van der Waals surface area (Å²) in [6.45, 7) is 0. The topological polar surface area (TPSA) is 54.5 Å². The Morgan fingerprint density at radius 1 is 0.419 bits per heavy atom. The number of anilines is 1. The van der Waals surface area contributed by atoms with Crippen molar-refractivity contribution in [3.8, 4) is 0 Å². The first-order valence-corrected chi connectivity index (χ1v) is 14.6. The molecule has 0 spiro atoms. The average Bonchev–Trinajstić information content (AvgIpc) is 3.59. The van der Waals surface area contributed by atoms with E-state index in [1.165, 1.54) is 4.90 Å². The smallest absolute Gasteiger partial charge is 0.239 e. The predicted octanol–water partition coefficient (Wildman–Crippen LogP) is 6.88. The number of carbonyl (C=O) groups excluding carboxylic acids is 3. The number of imide groups is 1. The highest BCUT2D eigenvalue weighted by Crippen LogP contribution is 2.74. The lowest BCUT2D eigenvalue weighted by molar-refractivity contribution is -0.130. The molecule has 5 aromatic rings. The fraction of sp³-hybridized carbons (Fsp3) is 0.103. The number of rotatable bonds is 5. The van der Waals surface area contributed by atoms with Gasteiger partial charge in [-0.2, -0.15) is 0 Å². The van der Waals surface area contributed by atoms with Crippen LogP contribution in [-0.4, -0.2) is 17.6 Å². The second kappa shape index (κ2) is 9.33. The summed E-state index contributed by atoms with van der Waals surface area (Å²) in [6, 6.07) is 48.1. The molecule has 2 fully saturated rings. The molecule has 0 unspecified atom stereocenters. The van der Waals surface area contributed by atoms with Crippen LogP contribution in [0.4, 0.5) is 5.69 Å². The second-order valence-corrected chi connectivity index (χ2v) is 11.5. The maximum Gasteiger partial charge on any atom is 0.239 e. The minimum atomic E-state index is -1.38. The number of amides is 2. The van der Waals surface area contributed by atoms with E-state index in [4.69, 9.17) is 0 Å². The molecular formula is C39H27NO3. The van der Waals surface area contributed by atoms with E-state index < -0.39 is 22.7 Å². The van der Waals surface area contributed by atoms with E-state index in [1.54, 1.807) is 12.1 Å². The molecule has 5 aromatic carbocycles. The molecule has 43 heavy (non-hydrogen) atoms. The van der Waals surface area contributed by atoms with Gasteiger partial charge < -0.3 is 0 Å². The molecule has 2 aliphatic carbocycles. The van der Waals surface area contributed by atoms with Crippen molar-refractivity contribution in [2.45, 2.75) is 10.8 Å². The van der Waals surface area contributed by atoms with Crippen molar-refractivity contribution in [3.63, 3.8) is 0 Å². The normalized spacial score (nSPS) is 25.9. The second-order valence-electron chi connectivity index (χ2n) is 11.5. The average molecular weight is 558 g/mol. The molecule has 3 aliphatic rings. The lowest BCUT2D eigenvalue weighted by Crippen LogP contribution is -2.45. The minimum Gasteiger partial charge on any atom is -0.297 e. The molecule has 8 rings (SSSR count). The van der Waals surface area contributed by atoms with Crippen molar-refractivity contribution in [3.05, 3.63) is 174 Å². The van der Waals surface area contributed by atoms with Gasteiger partial charge in [0, 0.05) is 0 Å². The van der Waals surface area contributed by atoms with E-state index in [0.29, 0.717) is 5.69 Å². The zero-order valence-corrected chi connectivity index (χ0v) is 23.3. The highest BCUT2D eigenvalue weighted by Gasteiger charge is 2.82. The number of hydrogen-bond acceptors (Lipinski definition) is 3. The predicted molar refractivity (Wildman–Crippen MR) is 167 cm³/mol. The molecule has 0 aromatic heterocycles. The fourth-order valence-electron chi connectivity index (χ4n) is 8.17. The Morgan fingerprint density at radius 3 is 1.12 bits per heavy atom. The van der Waals surface area contributed by atoms with E-state index in [-0.39, 0.29) is 17.6 Å².